The molecule has 1 atom stereocenters. The SMILES string of the molecule is CC1(C(=O)O)CCCN1C(=O)c1ccc(C(F)(F)F)cn1. The highest BCUT2D eigenvalue weighted by atomic mass is 19.4. The number of carbonyl (C=O) groups excluding carboxylic acids is 1. The second-order valence-corrected chi connectivity index (χ2v) is 5.07. The Bertz CT molecular complexity index is 571. The standard InChI is InChI=1S/C13H13F3N2O3/c1-12(11(20)21)5-2-6-18(12)10(19)9-4-3-8(7-17-9)13(14,15)16/h3-4,7H,2,5-6H2,1H3,(H,20,21). The maximum Gasteiger partial charge on any atom is 0.417 e. The van der Waals surface area contributed by atoms with Gasteiger partial charge in [-0.1, -0.05) is 0 Å². The van der Waals surface area contributed by atoms with Gasteiger partial charge in [0.1, 0.15) is 11.2 Å². The second kappa shape index (κ2) is 5.01. The van der Waals surface area contributed by atoms with E-state index < -0.39 is 29.2 Å². The fraction of sp³-hybridized carbons (Fsp3) is 0.462. The number of hydrogen-bond donors (Lipinski definition) is 1. The predicted molar refractivity (Wildman–Crippen MR) is 65.6 cm³/mol. The van der Waals surface area contributed by atoms with Gasteiger partial charge in [0.25, 0.3) is 5.91 Å². The summed E-state index contributed by atoms with van der Waals surface area (Å²) in [5.41, 5.74) is -2.50. The molecule has 1 fully saturated rings. The van der Waals surface area contributed by atoms with Crippen molar-refractivity contribution in [2.45, 2.75) is 31.5 Å². The van der Waals surface area contributed by atoms with Gasteiger partial charge in [0.05, 0.1) is 5.56 Å². The lowest BCUT2D eigenvalue weighted by Crippen LogP contribution is -2.50. The number of pyridine rings is 1. The zero-order chi connectivity index (χ0) is 15.8. The van der Waals surface area contributed by atoms with Crippen molar-refractivity contribution in [3.05, 3.63) is 29.6 Å². The van der Waals surface area contributed by atoms with Crippen LogP contribution in [0.15, 0.2) is 18.3 Å². The van der Waals surface area contributed by atoms with E-state index in [4.69, 9.17) is 0 Å². The first-order valence-corrected chi connectivity index (χ1v) is 6.25. The molecular formula is C13H13F3N2O3. The molecule has 0 radical (unpaired) electrons. The Labute approximate surface area is 118 Å². The number of halogens is 3. The van der Waals surface area contributed by atoms with Gasteiger partial charge in [-0.25, -0.2) is 4.79 Å². The number of aromatic nitrogens is 1. The van der Waals surface area contributed by atoms with Crippen LogP contribution in [0.4, 0.5) is 13.2 Å². The summed E-state index contributed by atoms with van der Waals surface area (Å²) in [5.74, 6) is -1.81. The minimum Gasteiger partial charge on any atom is -0.480 e. The number of hydrogen-bond acceptors (Lipinski definition) is 3. The van der Waals surface area contributed by atoms with E-state index in [0.29, 0.717) is 19.0 Å². The fourth-order valence-corrected chi connectivity index (χ4v) is 2.34. The van der Waals surface area contributed by atoms with E-state index in [1.165, 1.54) is 6.92 Å². The lowest BCUT2D eigenvalue weighted by Gasteiger charge is -2.30. The van der Waals surface area contributed by atoms with Crippen LogP contribution in [-0.4, -0.2) is 39.0 Å². The molecule has 0 bridgehead atoms. The van der Waals surface area contributed by atoms with E-state index in [1.807, 2.05) is 0 Å². The molecule has 1 aliphatic rings. The number of alkyl halides is 3. The number of carboxylic acids is 1. The van der Waals surface area contributed by atoms with Crippen molar-refractivity contribution >= 4 is 11.9 Å². The molecule has 0 spiro atoms. The third-order valence-electron chi connectivity index (χ3n) is 3.66. The van der Waals surface area contributed by atoms with Crippen molar-refractivity contribution in [3.63, 3.8) is 0 Å². The average molecular weight is 302 g/mol. The van der Waals surface area contributed by atoms with Gasteiger partial charge < -0.3 is 10.0 Å². The van der Waals surface area contributed by atoms with Gasteiger partial charge in [-0.15, -0.1) is 0 Å². The van der Waals surface area contributed by atoms with Crippen molar-refractivity contribution in [2.24, 2.45) is 0 Å². The summed E-state index contributed by atoms with van der Waals surface area (Å²) in [6, 6.07) is 1.72. The number of carboxylic acid groups (broad SMARTS) is 1. The predicted octanol–water partition coefficient (Wildman–Crippen LogP) is 2.18. The zero-order valence-electron chi connectivity index (χ0n) is 11.1. The Hall–Kier alpha value is -2.12. The van der Waals surface area contributed by atoms with E-state index in [-0.39, 0.29) is 12.2 Å². The zero-order valence-corrected chi connectivity index (χ0v) is 11.1. The lowest BCUT2D eigenvalue weighted by molar-refractivity contribution is -0.147. The van der Waals surface area contributed by atoms with Gasteiger partial charge in [-0.3, -0.25) is 9.78 Å². The normalized spacial score (nSPS) is 22.4. The molecule has 0 aliphatic carbocycles. The Balaban J connectivity index is 2.26. The molecular weight excluding hydrogens is 289 g/mol. The van der Waals surface area contributed by atoms with Crippen LogP contribution in [0, 0.1) is 0 Å². The summed E-state index contributed by atoms with van der Waals surface area (Å²) in [6.45, 7) is 1.66. The smallest absolute Gasteiger partial charge is 0.417 e. The molecule has 8 heteroatoms. The number of carbonyl (C=O) groups is 2. The van der Waals surface area contributed by atoms with Crippen molar-refractivity contribution in [1.29, 1.82) is 0 Å². The van der Waals surface area contributed by atoms with E-state index in [9.17, 15) is 27.9 Å². The second-order valence-electron chi connectivity index (χ2n) is 5.07. The molecule has 1 aromatic heterocycles. The monoisotopic (exact) mass is 302 g/mol. The van der Waals surface area contributed by atoms with Gasteiger partial charge in [-0.05, 0) is 31.9 Å². The number of rotatable bonds is 2. The molecule has 114 valence electrons. The minimum atomic E-state index is -4.53. The summed E-state index contributed by atoms with van der Waals surface area (Å²) in [4.78, 5) is 28.2. The van der Waals surface area contributed by atoms with E-state index in [0.717, 1.165) is 17.0 Å². The van der Waals surface area contributed by atoms with Crippen LogP contribution in [0.5, 0.6) is 0 Å². The van der Waals surface area contributed by atoms with Gasteiger partial charge in [0, 0.05) is 12.7 Å². The molecule has 1 aromatic rings. The van der Waals surface area contributed by atoms with E-state index >= 15 is 0 Å². The first kappa shape index (κ1) is 15.3. The Morgan fingerprint density at radius 2 is 2.05 bits per heavy atom. The molecule has 2 heterocycles. The molecule has 2 rings (SSSR count). The molecule has 0 aromatic carbocycles. The molecule has 21 heavy (non-hydrogen) atoms. The third kappa shape index (κ3) is 2.70. The summed E-state index contributed by atoms with van der Waals surface area (Å²) in [7, 11) is 0. The highest BCUT2D eigenvalue weighted by molar-refractivity contribution is 5.96. The quantitative estimate of drug-likeness (QED) is 0.909. The molecule has 1 saturated heterocycles. The molecule has 5 nitrogen and oxygen atoms in total. The van der Waals surface area contributed by atoms with Gasteiger partial charge in [0.2, 0.25) is 0 Å². The number of nitrogens with zero attached hydrogens (tertiary/aromatic N) is 2. The molecule has 1 unspecified atom stereocenters. The number of amides is 1. The number of likely N-dealkylation sites (tertiary alicyclic amines) is 1. The summed E-state index contributed by atoms with van der Waals surface area (Å²) in [5, 5.41) is 9.23. The van der Waals surface area contributed by atoms with Crippen LogP contribution in [0.3, 0.4) is 0 Å². The van der Waals surface area contributed by atoms with Crippen LogP contribution in [0.2, 0.25) is 0 Å². The minimum absolute atomic E-state index is 0.197. The van der Waals surface area contributed by atoms with Crippen LogP contribution < -0.4 is 0 Å². The van der Waals surface area contributed by atoms with Crippen LogP contribution in [-0.2, 0) is 11.0 Å². The Kier molecular flexibility index (Phi) is 3.65. The lowest BCUT2D eigenvalue weighted by atomic mass is 9.99. The summed E-state index contributed by atoms with van der Waals surface area (Å²) in [6.07, 6.45) is -3.14. The van der Waals surface area contributed by atoms with Crippen LogP contribution in [0.25, 0.3) is 0 Å². The fourth-order valence-electron chi connectivity index (χ4n) is 2.34. The van der Waals surface area contributed by atoms with E-state index in [1.54, 1.807) is 0 Å². The van der Waals surface area contributed by atoms with Gasteiger partial charge >= 0.3 is 12.1 Å². The van der Waals surface area contributed by atoms with E-state index in [2.05, 4.69) is 4.98 Å². The van der Waals surface area contributed by atoms with Crippen LogP contribution >= 0.6 is 0 Å². The summed E-state index contributed by atoms with van der Waals surface area (Å²) >= 11 is 0. The molecule has 1 N–H and O–H groups in total. The maximum absolute atomic E-state index is 12.4. The van der Waals surface area contributed by atoms with Gasteiger partial charge in [0.15, 0.2) is 0 Å². The maximum atomic E-state index is 12.4. The number of aliphatic carboxylic acids is 1. The first-order valence-electron chi connectivity index (χ1n) is 6.25. The van der Waals surface area contributed by atoms with Gasteiger partial charge in [-0.2, -0.15) is 13.2 Å². The van der Waals surface area contributed by atoms with Crippen molar-refractivity contribution < 1.29 is 27.9 Å². The van der Waals surface area contributed by atoms with Crippen molar-refractivity contribution in [1.82, 2.24) is 9.88 Å². The van der Waals surface area contributed by atoms with Crippen molar-refractivity contribution in [2.75, 3.05) is 6.54 Å². The van der Waals surface area contributed by atoms with Crippen LogP contribution in [0.1, 0.15) is 35.8 Å². The third-order valence-corrected chi connectivity index (χ3v) is 3.66. The average Bonchev–Trinajstić information content (AvgIpc) is 2.80. The Morgan fingerprint density at radius 1 is 1.38 bits per heavy atom. The molecule has 0 saturated carbocycles. The largest absolute Gasteiger partial charge is 0.480 e. The Morgan fingerprint density at radius 3 is 2.52 bits per heavy atom. The topological polar surface area (TPSA) is 70.5 Å². The first-order chi connectivity index (χ1) is 9.66. The van der Waals surface area contributed by atoms with Crippen molar-refractivity contribution in [3.8, 4) is 0 Å². The highest BCUT2D eigenvalue weighted by Crippen LogP contribution is 2.31. The summed E-state index contributed by atoms with van der Waals surface area (Å²) < 4.78 is 37.3. The molecule has 1 aliphatic heterocycles. The molecule has 1 amide bonds. The highest BCUT2D eigenvalue weighted by Gasteiger charge is 2.46.